The molecule has 0 saturated heterocycles. The first-order valence-electron chi connectivity index (χ1n) is 8.32. The Hall–Kier alpha value is -3.02. The lowest BCUT2D eigenvalue weighted by Crippen LogP contribution is -2.23. The van der Waals surface area contributed by atoms with E-state index in [1.54, 1.807) is 24.5 Å². The predicted molar refractivity (Wildman–Crippen MR) is 93.5 cm³/mol. The van der Waals surface area contributed by atoms with Crippen LogP contribution in [0.1, 0.15) is 30.4 Å². The average Bonchev–Trinajstić information content (AvgIpc) is 3.15. The molecule has 0 aliphatic heterocycles. The Bertz CT molecular complexity index is 813. The molecule has 0 saturated carbocycles. The Labute approximate surface area is 146 Å². The van der Waals surface area contributed by atoms with Gasteiger partial charge in [0, 0.05) is 24.4 Å². The van der Waals surface area contributed by atoms with Crippen LogP contribution in [0.3, 0.4) is 0 Å². The van der Waals surface area contributed by atoms with Crippen LogP contribution in [-0.4, -0.2) is 21.0 Å². The first-order valence-corrected chi connectivity index (χ1v) is 8.32. The van der Waals surface area contributed by atoms with Crippen LogP contribution in [0.15, 0.2) is 53.3 Å². The molecule has 128 valence electrons. The third kappa shape index (κ3) is 4.73. The van der Waals surface area contributed by atoms with Gasteiger partial charge in [-0.2, -0.15) is 4.98 Å². The fraction of sp³-hybridized carbons (Fsp3) is 0.263. The molecule has 6 nitrogen and oxygen atoms in total. The highest BCUT2D eigenvalue weighted by molar-refractivity contribution is 5.76. The molecule has 25 heavy (non-hydrogen) atoms. The minimum absolute atomic E-state index is 0.0387. The molecule has 0 spiro atoms. The van der Waals surface area contributed by atoms with E-state index in [0.29, 0.717) is 24.6 Å². The van der Waals surface area contributed by atoms with Gasteiger partial charge in [0.1, 0.15) is 0 Å². The zero-order valence-corrected chi connectivity index (χ0v) is 14.1. The predicted octanol–water partition coefficient (Wildman–Crippen LogP) is 2.94. The van der Waals surface area contributed by atoms with Crippen LogP contribution >= 0.6 is 0 Å². The number of rotatable bonds is 7. The van der Waals surface area contributed by atoms with Crippen molar-refractivity contribution in [3.63, 3.8) is 0 Å². The molecule has 0 aliphatic rings. The molecule has 3 rings (SSSR count). The van der Waals surface area contributed by atoms with Crippen molar-refractivity contribution in [1.82, 2.24) is 20.4 Å². The summed E-state index contributed by atoms with van der Waals surface area (Å²) in [5, 5.41) is 6.72. The summed E-state index contributed by atoms with van der Waals surface area (Å²) in [7, 11) is 0. The van der Waals surface area contributed by atoms with Crippen molar-refractivity contribution in [3.05, 3.63) is 65.8 Å². The van der Waals surface area contributed by atoms with Gasteiger partial charge in [0.05, 0.1) is 6.54 Å². The second kappa shape index (κ2) is 8.19. The van der Waals surface area contributed by atoms with Crippen LogP contribution in [0.4, 0.5) is 0 Å². The summed E-state index contributed by atoms with van der Waals surface area (Å²) in [6, 6.07) is 12.0. The summed E-state index contributed by atoms with van der Waals surface area (Å²) in [6.45, 7) is 2.35. The molecule has 1 aromatic carbocycles. The van der Waals surface area contributed by atoms with Gasteiger partial charge in [-0.3, -0.25) is 9.78 Å². The minimum Gasteiger partial charge on any atom is -0.347 e. The van der Waals surface area contributed by atoms with Crippen LogP contribution in [0.25, 0.3) is 11.4 Å². The molecule has 0 atom stereocenters. The molecule has 0 unspecified atom stereocenters. The monoisotopic (exact) mass is 336 g/mol. The number of aryl methyl sites for hydroxylation is 2. The van der Waals surface area contributed by atoms with E-state index >= 15 is 0 Å². The summed E-state index contributed by atoms with van der Waals surface area (Å²) in [5.74, 6) is 0.832. The third-order valence-electron chi connectivity index (χ3n) is 3.92. The highest BCUT2D eigenvalue weighted by Crippen LogP contribution is 2.13. The highest BCUT2D eigenvalue weighted by Gasteiger charge is 2.10. The molecule has 0 aliphatic carbocycles. The normalized spacial score (nSPS) is 10.6. The molecule has 0 radical (unpaired) electrons. The zero-order valence-electron chi connectivity index (χ0n) is 14.1. The Kier molecular flexibility index (Phi) is 5.51. The van der Waals surface area contributed by atoms with Crippen molar-refractivity contribution in [2.24, 2.45) is 0 Å². The van der Waals surface area contributed by atoms with Gasteiger partial charge in [0.2, 0.25) is 17.6 Å². The Morgan fingerprint density at radius 3 is 2.52 bits per heavy atom. The Morgan fingerprint density at radius 2 is 1.80 bits per heavy atom. The quantitative estimate of drug-likeness (QED) is 0.717. The van der Waals surface area contributed by atoms with Crippen LogP contribution in [0.2, 0.25) is 0 Å². The fourth-order valence-corrected chi connectivity index (χ4v) is 2.41. The van der Waals surface area contributed by atoms with E-state index in [2.05, 4.69) is 51.6 Å². The van der Waals surface area contributed by atoms with Gasteiger partial charge < -0.3 is 9.84 Å². The maximum atomic E-state index is 12.0. The summed E-state index contributed by atoms with van der Waals surface area (Å²) in [5.41, 5.74) is 3.28. The molecular formula is C19H20N4O2. The van der Waals surface area contributed by atoms with E-state index in [0.717, 1.165) is 17.5 Å². The van der Waals surface area contributed by atoms with Crippen molar-refractivity contribution < 1.29 is 9.32 Å². The average molecular weight is 336 g/mol. The summed E-state index contributed by atoms with van der Waals surface area (Å²) < 4.78 is 5.16. The maximum Gasteiger partial charge on any atom is 0.246 e. The van der Waals surface area contributed by atoms with Gasteiger partial charge in [0.15, 0.2) is 0 Å². The first-order chi connectivity index (χ1) is 12.2. The summed E-state index contributed by atoms with van der Waals surface area (Å²) in [6.07, 6.45) is 5.49. The van der Waals surface area contributed by atoms with Gasteiger partial charge in [-0.25, -0.2) is 0 Å². The number of pyridine rings is 1. The Balaban J connectivity index is 1.46. The molecule has 3 aromatic rings. The number of nitrogens with zero attached hydrogens (tertiary/aromatic N) is 3. The van der Waals surface area contributed by atoms with Crippen molar-refractivity contribution in [3.8, 4) is 11.4 Å². The molecular weight excluding hydrogens is 316 g/mol. The second-order valence-electron chi connectivity index (χ2n) is 5.69. The second-order valence-corrected chi connectivity index (χ2v) is 5.69. The van der Waals surface area contributed by atoms with Gasteiger partial charge in [0.25, 0.3) is 0 Å². The highest BCUT2D eigenvalue weighted by atomic mass is 16.5. The molecule has 2 heterocycles. The molecule has 0 bridgehead atoms. The molecule has 2 aromatic heterocycles. The number of hydrogen-bond donors (Lipinski definition) is 1. The van der Waals surface area contributed by atoms with Gasteiger partial charge in [-0.1, -0.05) is 36.3 Å². The van der Waals surface area contributed by atoms with E-state index in [1.165, 1.54) is 5.56 Å². The van der Waals surface area contributed by atoms with Crippen LogP contribution < -0.4 is 5.32 Å². The first kappa shape index (κ1) is 16.8. The Morgan fingerprint density at radius 1 is 1.08 bits per heavy atom. The van der Waals surface area contributed by atoms with E-state index in [9.17, 15) is 4.79 Å². The van der Waals surface area contributed by atoms with E-state index in [4.69, 9.17) is 4.52 Å². The van der Waals surface area contributed by atoms with E-state index in [1.807, 2.05) is 0 Å². The molecule has 6 heteroatoms. The van der Waals surface area contributed by atoms with Crippen LogP contribution in [0, 0.1) is 0 Å². The largest absolute Gasteiger partial charge is 0.347 e. The molecule has 1 amide bonds. The summed E-state index contributed by atoms with van der Waals surface area (Å²) in [4.78, 5) is 20.2. The van der Waals surface area contributed by atoms with Crippen molar-refractivity contribution in [2.45, 2.75) is 32.7 Å². The standard InChI is InChI=1S/C19H20N4O2/c1-2-14-3-5-15(6-4-14)7-8-17(24)21-13-18-22-19(23-25-18)16-9-11-20-12-10-16/h3-6,9-12H,2,7-8,13H2,1H3,(H,21,24). The number of hydrogen-bond acceptors (Lipinski definition) is 5. The number of nitrogens with one attached hydrogen (secondary N) is 1. The van der Waals surface area contributed by atoms with E-state index < -0.39 is 0 Å². The van der Waals surface area contributed by atoms with Crippen LogP contribution in [-0.2, 0) is 24.2 Å². The van der Waals surface area contributed by atoms with Gasteiger partial charge in [-0.15, -0.1) is 0 Å². The lowest BCUT2D eigenvalue weighted by atomic mass is 10.1. The van der Waals surface area contributed by atoms with Gasteiger partial charge in [-0.05, 0) is 36.1 Å². The smallest absolute Gasteiger partial charge is 0.246 e. The molecule has 1 N–H and O–H groups in total. The van der Waals surface area contributed by atoms with Crippen molar-refractivity contribution >= 4 is 5.91 Å². The summed E-state index contributed by atoms with van der Waals surface area (Å²) >= 11 is 0. The lowest BCUT2D eigenvalue weighted by molar-refractivity contribution is -0.121. The van der Waals surface area contributed by atoms with E-state index in [-0.39, 0.29) is 12.5 Å². The number of carbonyl (C=O) groups excluding carboxylic acids is 1. The SMILES string of the molecule is CCc1ccc(CCC(=O)NCc2nc(-c3ccncc3)no2)cc1. The molecule has 0 fully saturated rings. The third-order valence-corrected chi connectivity index (χ3v) is 3.92. The number of amides is 1. The zero-order chi connectivity index (χ0) is 17.5. The van der Waals surface area contributed by atoms with Gasteiger partial charge >= 0.3 is 0 Å². The number of benzene rings is 1. The van der Waals surface area contributed by atoms with Crippen LogP contribution in [0.5, 0.6) is 0 Å². The number of aromatic nitrogens is 3. The lowest BCUT2D eigenvalue weighted by Gasteiger charge is -2.04. The fourth-order valence-electron chi connectivity index (χ4n) is 2.41. The number of carbonyl (C=O) groups is 1. The topological polar surface area (TPSA) is 80.9 Å². The minimum atomic E-state index is -0.0387. The maximum absolute atomic E-state index is 12.0. The van der Waals surface area contributed by atoms with Crippen molar-refractivity contribution in [2.75, 3.05) is 0 Å². The van der Waals surface area contributed by atoms with Crippen molar-refractivity contribution in [1.29, 1.82) is 0 Å².